The number of carbonyl (C=O) groups excluding carboxylic acids is 1. The fraction of sp³-hybridized carbons (Fsp3) is 0.875. The van der Waals surface area contributed by atoms with Crippen LogP contribution in [0.15, 0.2) is 0 Å². The van der Waals surface area contributed by atoms with Crippen molar-refractivity contribution in [1.29, 1.82) is 0 Å². The van der Waals surface area contributed by atoms with Crippen LogP contribution < -0.4 is 0 Å². The van der Waals surface area contributed by atoms with E-state index >= 15 is 0 Å². The number of esters is 1. The van der Waals surface area contributed by atoms with Gasteiger partial charge in [-0.2, -0.15) is 0 Å². The van der Waals surface area contributed by atoms with Gasteiger partial charge in [-0.25, -0.2) is 0 Å². The minimum Gasteiger partial charge on any atom is -0.650 e. The summed E-state index contributed by atoms with van der Waals surface area (Å²) >= 11 is 0. The van der Waals surface area contributed by atoms with Gasteiger partial charge < -0.3 is 10.1 Å². The maximum atomic E-state index is 11.1. The second-order valence-electron chi connectivity index (χ2n) is 3.05. The van der Waals surface area contributed by atoms with Crippen LogP contribution in [0.25, 0.3) is 5.32 Å². The number of hydrogen-bond donors (Lipinski definition) is 0. The van der Waals surface area contributed by atoms with Crippen LogP contribution in [0, 0.1) is 0 Å². The summed E-state index contributed by atoms with van der Waals surface area (Å²) in [5, 5.41) is 4.11. The summed E-state index contributed by atoms with van der Waals surface area (Å²) in [5.41, 5.74) is 0. The number of carbonyl (C=O) groups is 1. The van der Waals surface area contributed by atoms with Crippen molar-refractivity contribution in [3.8, 4) is 0 Å². The molecule has 1 atom stereocenters. The van der Waals surface area contributed by atoms with E-state index in [4.69, 9.17) is 4.74 Å². The quantitative estimate of drug-likeness (QED) is 0.691. The molecule has 0 aliphatic carbocycles. The minimum absolute atomic E-state index is 0. The van der Waals surface area contributed by atoms with Gasteiger partial charge in [0.25, 0.3) is 5.97 Å². The molecule has 1 rings (SSSR count). The van der Waals surface area contributed by atoms with Crippen LogP contribution in [0.1, 0.15) is 26.7 Å². The molecule has 1 heterocycles. The Hall–Kier alpha value is 0.534. The Morgan fingerprint density at radius 2 is 2.25 bits per heavy atom. The van der Waals surface area contributed by atoms with Gasteiger partial charge in [0.1, 0.15) is 0 Å². The molecule has 1 aliphatic heterocycles. The van der Waals surface area contributed by atoms with Crippen molar-refractivity contribution < 1.29 is 42.2 Å². The van der Waals surface area contributed by atoms with Crippen LogP contribution in [0.4, 0.5) is 0 Å². The molecule has 64 valence electrons. The van der Waals surface area contributed by atoms with Crippen LogP contribution in [0.2, 0.25) is 0 Å². The summed E-state index contributed by atoms with van der Waals surface area (Å²) in [6.07, 6.45) is 1.88. The first-order valence-corrected chi connectivity index (χ1v) is 4.07. The normalized spacial score (nSPS) is 22.1. The first kappa shape index (κ1) is 12.5. The minimum atomic E-state index is -0.169. The Morgan fingerprint density at radius 1 is 1.58 bits per heavy atom. The Labute approximate surface area is 98.5 Å². The van der Waals surface area contributed by atoms with Crippen LogP contribution in [0.3, 0.4) is 0 Å². The van der Waals surface area contributed by atoms with Crippen molar-refractivity contribution in [2.24, 2.45) is 0 Å². The standard InChI is InChI=1S/C8H14NO2.Y/c1-6(2)11-8(10)7-4-3-5-9-7;/h6-7H,3-5H2,1-2H3;/q-1;+3. The molecule has 0 saturated carbocycles. The van der Waals surface area contributed by atoms with Crippen molar-refractivity contribution in [3.05, 3.63) is 5.32 Å². The van der Waals surface area contributed by atoms with Crippen LogP contribution in [-0.2, 0) is 42.2 Å². The number of nitrogens with zero attached hydrogens (tertiary/aromatic N) is 1. The zero-order valence-electron chi connectivity index (χ0n) is 7.62. The van der Waals surface area contributed by atoms with Gasteiger partial charge in [-0.1, -0.05) is 12.8 Å². The molecule has 0 spiro atoms. The van der Waals surface area contributed by atoms with E-state index in [-0.39, 0.29) is 50.8 Å². The van der Waals surface area contributed by atoms with Gasteiger partial charge in [-0.05, 0) is 19.9 Å². The summed E-state index contributed by atoms with van der Waals surface area (Å²) in [6, 6.07) is -0.169. The Balaban J connectivity index is 0.00000121. The smallest absolute Gasteiger partial charge is 0.650 e. The molecule has 3 nitrogen and oxygen atoms in total. The molecule has 1 aliphatic rings. The van der Waals surface area contributed by atoms with Gasteiger partial charge in [0.05, 0.1) is 6.10 Å². The zero-order chi connectivity index (χ0) is 8.27. The van der Waals surface area contributed by atoms with Gasteiger partial charge >= 0.3 is 32.7 Å². The molecule has 1 fully saturated rings. The van der Waals surface area contributed by atoms with Crippen molar-refractivity contribution in [2.75, 3.05) is 6.54 Å². The Bertz CT molecular complexity index is 144. The first-order chi connectivity index (χ1) is 5.20. The van der Waals surface area contributed by atoms with Crippen molar-refractivity contribution >= 4 is 5.97 Å². The Kier molecular flexibility index (Phi) is 6.33. The largest absolute Gasteiger partial charge is 3.00 e. The predicted octanol–water partition coefficient (Wildman–Crippen LogP) is 1.47. The molecule has 4 heteroatoms. The average molecular weight is 245 g/mol. The van der Waals surface area contributed by atoms with Crippen LogP contribution in [-0.4, -0.2) is 24.7 Å². The monoisotopic (exact) mass is 245 g/mol. The number of hydrogen-bond acceptors (Lipinski definition) is 2. The number of rotatable bonds is 2. The van der Waals surface area contributed by atoms with E-state index in [0.29, 0.717) is 0 Å². The molecule has 0 radical (unpaired) electrons. The van der Waals surface area contributed by atoms with E-state index in [1.807, 2.05) is 13.8 Å². The Morgan fingerprint density at radius 3 is 2.67 bits per heavy atom. The molecule has 0 N–H and O–H groups in total. The van der Waals surface area contributed by atoms with Gasteiger partial charge in [0.15, 0.2) is 0 Å². The summed E-state index contributed by atoms with van der Waals surface area (Å²) in [6.45, 7) is 4.53. The first-order valence-electron chi connectivity index (χ1n) is 4.07. The van der Waals surface area contributed by atoms with Gasteiger partial charge in [0.2, 0.25) is 0 Å². The van der Waals surface area contributed by atoms with E-state index < -0.39 is 0 Å². The third-order valence-electron chi connectivity index (χ3n) is 1.61. The molecular weight excluding hydrogens is 231 g/mol. The van der Waals surface area contributed by atoms with Crippen molar-refractivity contribution in [1.82, 2.24) is 0 Å². The average Bonchev–Trinajstić information content (AvgIpc) is 2.35. The van der Waals surface area contributed by atoms with E-state index in [1.165, 1.54) is 0 Å². The number of ether oxygens (including phenoxy) is 1. The fourth-order valence-electron chi connectivity index (χ4n) is 1.13. The third-order valence-corrected chi connectivity index (χ3v) is 1.61. The SMILES string of the molecule is CC(C)OC(=O)C1CCC[N-]1.[Y+3]. The maximum absolute atomic E-state index is 11.1. The molecule has 1 unspecified atom stereocenters. The van der Waals surface area contributed by atoms with Gasteiger partial charge in [-0.15, -0.1) is 6.54 Å². The molecular formula is C8H14NO2Y+2. The summed E-state index contributed by atoms with van der Waals surface area (Å²) in [7, 11) is 0. The predicted molar refractivity (Wildman–Crippen MR) is 42.5 cm³/mol. The van der Waals surface area contributed by atoms with Gasteiger partial charge in [0, 0.05) is 0 Å². The van der Waals surface area contributed by atoms with Crippen LogP contribution in [0.5, 0.6) is 0 Å². The summed E-state index contributed by atoms with van der Waals surface area (Å²) < 4.78 is 5.00. The molecule has 0 aromatic carbocycles. The second kappa shape index (κ2) is 6.06. The molecule has 0 aromatic heterocycles. The summed E-state index contributed by atoms with van der Waals surface area (Å²) in [4.78, 5) is 11.1. The van der Waals surface area contributed by atoms with Crippen LogP contribution >= 0.6 is 0 Å². The van der Waals surface area contributed by atoms with Crippen molar-refractivity contribution in [2.45, 2.75) is 38.8 Å². The topological polar surface area (TPSA) is 40.4 Å². The van der Waals surface area contributed by atoms with Gasteiger partial charge in [-0.3, -0.25) is 4.79 Å². The van der Waals surface area contributed by atoms with E-state index in [0.717, 1.165) is 19.4 Å². The third kappa shape index (κ3) is 3.97. The molecule has 0 bridgehead atoms. The maximum Gasteiger partial charge on any atom is 3.00 e. The molecule has 1 saturated heterocycles. The zero-order valence-corrected chi connectivity index (χ0v) is 10.5. The fourth-order valence-corrected chi connectivity index (χ4v) is 1.13. The van der Waals surface area contributed by atoms with Crippen molar-refractivity contribution in [3.63, 3.8) is 0 Å². The molecule has 0 aromatic rings. The van der Waals surface area contributed by atoms with E-state index in [9.17, 15) is 4.79 Å². The molecule has 12 heavy (non-hydrogen) atoms. The second-order valence-corrected chi connectivity index (χ2v) is 3.05. The van der Waals surface area contributed by atoms with E-state index in [1.54, 1.807) is 0 Å². The summed E-state index contributed by atoms with van der Waals surface area (Å²) in [5.74, 6) is -0.155. The van der Waals surface area contributed by atoms with E-state index in [2.05, 4.69) is 5.32 Å². The molecule has 0 amide bonds.